The van der Waals surface area contributed by atoms with E-state index in [9.17, 15) is 0 Å². The first-order chi connectivity index (χ1) is 5.24. The van der Waals surface area contributed by atoms with Crippen LogP contribution in [0.5, 0.6) is 0 Å². The quantitative estimate of drug-likeness (QED) is 0.789. The lowest BCUT2D eigenvalue weighted by Crippen LogP contribution is -2.14. The van der Waals surface area contributed by atoms with Gasteiger partial charge in [-0.15, -0.1) is 0 Å². The van der Waals surface area contributed by atoms with E-state index in [4.69, 9.17) is 10.8 Å². The minimum Gasteiger partial charge on any atom is -0.394 e. The number of rotatable bonds is 2. The Bertz CT molecular complexity index is 222. The SMILES string of the molecule is N[C@@H](CO)c1ccc(I)cc1. The fraction of sp³-hybridized carbons (Fsp3) is 0.250. The molecule has 2 nitrogen and oxygen atoms in total. The zero-order valence-corrected chi connectivity index (χ0v) is 8.15. The van der Waals surface area contributed by atoms with Crippen LogP contribution in [0.3, 0.4) is 0 Å². The highest BCUT2D eigenvalue weighted by molar-refractivity contribution is 14.1. The minimum absolute atomic E-state index is 0.000588. The summed E-state index contributed by atoms with van der Waals surface area (Å²) in [6, 6.07) is 7.58. The van der Waals surface area contributed by atoms with E-state index in [1.807, 2.05) is 24.3 Å². The highest BCUT2D eigenvalue weighted by Crippen LogP contribution is 2.11. The van der Waals surface area contributed by atoms with Gasteiger partial charge in [-0.1, -0.05) is 12.1 Å². The largest absolute Gasteiger partial charge is 0.394 e. The Hall–Kier alpha value is -0.130. The second-order valence-electron chi connectivity index (χ2n) is 2.34. The second-order valence-corrected chi connectivity index (χ2v) is 3.59. The average Bonchev–Trinajstić information content (AvgIpc) is 2.05. The highest BCUT2D eigenvalue weighted by atomic mass is 127. The van der Waals surface area contributed by atoms with Gasteiger partial charge in [0.15, 0.2) is 0 Å². The number of hydrogen-bond donors (Lipinski definition) is 2. The van der Waals surface area contributed by atoms with Crippen LogP contribution in [0.1, 0.15) is 11.6 Å². The molecule has 0 saturated carbocycles. The topological polar surface area (TPSA) is 46.2 Å². The lowest BCUT2D eigenvalue weighted by molar-refractivity contribution is 0.268. The molecule has 0 saturated heterocycles. The molecule has 60 valence electrons. The van der Waals surface area contributed by atoms with Gasteiger partial charge in [-0.3, -0.25) is 0 Å². The molecule has 3 N–H and O–H groups in total. The Balaban J connectivity index is 2.81. The molecule has 0 bridgehead atoms. The average molecular weight is 263 g/mol. The summed E-state index contributed by atoms with van der Waals surface area (Å²) in [5, 5.41) is 8.73. The third kappa shape index (κ3) is 2.43. The van der Waals surface area contributed by atoms with E-state index in [2.05, 4.69) is 22.6 Å². The van der Waals surface area contributed by atoms with Crippen LogP contribution in [-0.2, 0) is 0 Å². The van der Waals surface area contributed by atoms with Gasteiger partial charge >= 0.3 is 0 Å². The lowest BCUT2D eigenvalue weighted by atomic mass is 10.1. The van der Waals surface area contributed by atoms with Gasteiger partial charge in [0, 0.05) is 3.57 Å². The molecule has 1 rings (SSSR count). The first-order valence-corrected chi connectivity index (χ1v) is 4.44. The number of aliphatic hydroxyl groups excluding tert-OH is 1. The van der Waals surface area contributed by atoms with Gasteiger partial charge in [-0.2, -0.15) is 0 Å². The van der Waals surface area contributed by atoms with Crippen LogP contribution in [0.15, 0.2) is 24.3 Å². The van der Waals surface area contributed by atoms with Crippen LogP contribution in [-0.4, -0.2) is 11.7 Å². The molecule has 0 fully saturated rings. The van der Waals surface area contributed by atoms with Crippen LogP contribution in [0.4, 0.5) is 0 Å². The van der Waals surface area contributed by atoms with E-state index in [-0.39, 0.29) is 12.6 Å². The van der Waals surface area contributed by atoms with E-state index < -0.39 is 0 Å². The lowest BCUT2D eigenvalue weighted by Gasteiger charge is -2.07. The molecule has 0 aliphatic carbocycles. The summed E-state index contributed by atoms with van der Waals surface area (Å²) < 4.78 is 1.18. The summed E-state index contributed by atoms with van der Waals surface area (Å²) in [7, 11) is 0. The van der Waals surface area contributed by atoms with Gasteiger partial charge in [0.25, 0.3) is 0 Å². The standard InChI is InChI=1S/C8H10INO/c9-7-3-1-6(2-4-7)8(10)5-11/h1-4,8,11H,5,10H2/t8-/m0/s1. The van der Waals surface area contributed by atoms with Crippen molar-refractivity contribution in [1.82, 2.24) is 0 Å². The van der Waals surface area contributed by atoms with Crippen LogP contribution >= 0.6 is 22.6 Å². The van der Waals surface area contributed by atoms with Crippen LogP contribution in [0.2, 0.25) is 0 Å². The van der Waals surface area contributed by atoms with Gasteiger partial charge in [0.2, 0.25) is 0 Å². The molecule has 3 heteroatoms. The second kappa shape index (κ2) is 4.04. The van der Waals surface area contributed by atoms with Crippen molar-refractivity contribution in [2.45, 2.75) is 6.04 Å². The summed E-state index contributed by atoms with van der Waals surface area (Å²) >= 11 is 2.23. The molecular weight excluding hydrogens is 253 g/mol. The zero-order valence-electron chi connectivity index (χ0n) is 6.00. The van der Waals surface area contributed by atoms with Crippen molar-refractivity contribution in [2.24, 2.45) is 5.73 Å². The van der Waals surface area contributed by atoms with E-state index in [1.54, 1.807) is 0 Å². The maximum Gasteiger partial charge on any atom is 0.0624 e. The molecule has 0 radical (unpaired) electrons. The molecule has 11 heavy (non-hydrogen) atoms. The fourth-order valence-electron chi connectivity index (χ4n) is 0.815. The monoisotopic (exact) mass is 263 g/mol. The maximum absolute atomic E-state index is 8.73. The summed E-state index contributed by atoms with van der Waals surface area (Å²) in [4.78, 5) is 0. The van der Waals surface area contributed by atoms with Crippen molar-refractivity contribution in [3.8, 4) is 0 Å². The molecule has 1 aromatic carbocycles. The first kappa shape index (κ1) is 8.96. The predicted molar refractivity (Wildman–Crippen MR) is 53.2 cm³/mol. The molecule has 0 heterocycles. The van der Waals surface area contributed by atoms with Crippen LogP contribution in [0.25, 0.3) is 0 Å². The minimum atomic E-state index is -0.244. The van der Waals surface area contributed by atoms with E-state index in [0.29, 0.717) is 0 Å². The first-order valence-electron chi connectivity index (χ1n) is 3.36. The molecule has 0 unspecified atom stereocenters. The van der Waals surface area contributed by atoms with Crippen molar-refractivity contribution in [1.29, 1.82) is 0 Å². The number of halogens is 1. The molecule has 0 aliphatic heterocycles. The van der Waals surface area contributed by atoms with Gasteiger partial charge in [-0.05, 0) is 40.3 Å². The van der Waals surface area contributed by atoms with Gasteiger partial charge in [0.1, 0.15) is 0 Å². The number of benzene rings is 1. The molecule has 0 aliphatic rings. The third-order valence-corrected chi connectivity index (χ3v) is 2.21. The Morgan fingerprint density at radius 1 is 1.36 bits per heavy atom. The summed E-state index contributed by atoms with van der Waals surface area (Å²) in [5.74, 6) is 0. The Labute approximate surface area is 79.6 Å². The van der Waals surface area contributed by atoms with Crippen molar-refractivity contribution in [2.75, 3.05) is 6.61 Å². The summed E-state index contributed by atoms with van der Waals surface area (Å²) in [6.45, 7) is 0.000588. The Morgan fingerprint density at radius 3 is 2.36 bits per heavy atom. The van der Waals surface area contributed by atoms with Crippen molar-refractivity contribution >= 4 is 22.6 Å². The molecule has 0 aromatic heterocycles. The Kier molecular flexibility index (Phi) is 3.29. The molecule has 0 spiro atoms. The van der Waals surface area contributed by atoms with Gasteiger partial charge in [-0.25, -0.2) is 0 Å². The van der Waals surface area contributed by atoms with Crippen molar-refractivity contribution in [3.05, 3.63) is 33.4 Å². The van der Waals surface area contributed by atoms with E-state index in [0.717, 1.165) is 5.56 Å². The number of aliphatic hydroxyl groups is 1. The van der Waals surface area contributed by atoms with Crippen molar-refractivity contribution in [3.63, 3.8) is 0 Å². The summed E-state index contributed by atoms with van der Waals surface area (Å²) in [5.41, 5.74) is 6.57. The Morgan fingerprint density at radius 2 is 1.91 bits per heavy atom. The third-order valence-electron chi connectivity index (χ3n) is 1.49. The molecule has 1 aromatic rings. The predicted octanol–water partition coefficient (Wildman–Crippen LogP) is 1.28. The number of nitrogens with two attached hydrogens (primary N) is 1. The maximum atomic E-state index is 8.73. The highest BCUT2D eigenvalue weighted by Gasteiger charge is 2.01. The summed E-state index contributed by atoms with van der Waals surface area (Å²) in [6.07, 6.45) is 0. The van der Waals surface area contributed by atoms with E-state index in [1.165, 1.54) is 3.57 Å². The van der Waals surface area contributed by atoms with Crippen molar-refractivity contribution < 1.29 is 5.11 Å². The van der Waals surface area contributed by atoms with Gasteiger partial charge < -0.3 is 10.8 Å². The fourth-order valence-corrected chi connectivity index (χ4v) is 1.17. The van der Waals surface area contributed by atoms with Gasteiger partial charge in [0.05, 0.1) is 12.6 Å². The van der Waals surface area contributed by atoms with Crippen LogP contribution < -0.4 is 5.73 Å². The molecule has 0 amide bonds. The van der Waals surface area contributed by atoms with E-state index >= 15 is 0 Å². The molecule has 1 atom stereocenters. The molecular formula is C8H10INO. The number of hydrogen-bond acceptors (Lipinski definition) is 2. The van der Waals surface area contributed by atoms with Crippen LogP contribution in [0, 0.1) is 3.57 Å². The zero-order chi connectivity index (χ0) is 8.27. The normalized spacial score (nSPS) is 13.0. The smallest absolute Gasteiger partial charge is 0.0624 e.